The number of nitrogens with zero attached hydrogens (tertiary/aromatic N) is 3. The van der Waals surface area contributed by atoms with Crippen molar-refractivity contribution < 1.29 is 26.1 Å². The standard InChI is InChI=1S/CH3F5N3OP3/c1-10-9-12(4)8(2)11(3)7-13(9,5)6/h1H3. The fourth-order valence-electron chi connectivity index (χ4n) is 0.534. The van der Waals surface area contributed by atoms with Crippen molar-refractivity contribution in [2.24, 2.45) is 4.52 Å². The first-order chi connectivity index (χ1) is 5.90. The summed E-state index contributed by atoms with van der Waals surface area (Å²) in [6, 6.07) is 0. The van der Waals surface area contributed by atoms with E-state index in [1.54, 1.807) is 0 Å². The van der Waals surface area contributed by atoms with Crippen molar-refractivity contribution in [1.82, 2.24) is 9.27 Å². The van der Waals surface area contributed by atoms with E-state index < -0.39 is 34.2 Å². The van der Waals surface area contributed by atoms with Gasteiger partial charge in [-0.05, 0) is 9.27 Å². The Hall–Kier alpha value is 0.620. The lowest BCUT2D eigenvalue weighted by molar-refractivity contribution is 0.00902. The van der Waals surface area contributed by atoms with Crippen molar-refractivity contribution in [3.8, 4) is 0 Å². The molecule has 0 aromatic heterocycles. The fraction of sp³-hybridized carbons (Fsp3) is 1.00. The van der Waals surface area contributed by atoms with Crippen LogP contribution in [0.4, 0.5) is 21.3 Å². The molecule has 2 atom stereocenters. The molecule has 1 rings (SSSR count). The van der Waals surface area contributed by atoms with E-state index in [1.165, 1.54) is 0 Å². The summed E-state index contributed by atoms with van der Waals surface area (Å²) in [5.41, 5.74) is 0. The summed E-state index contributed by atoms with van der Waals surface area (Å²) in [5.74, 6) is 0. The van der Waals surface area contributed by atoms with Gasteiger partial charge in [0.25, 0.3) is 0 Å². The van der Waals surface area contributed by atoms with Gasteiger partial charge in [-0.25, -0.2) is 0 Å². The summed E-state index contributed by atoms with van der Waals surface area (Å²) in [7, 11) is -11.8. The van der Waals surface area contributed by atoms with Gasteiger partial charge >= 0.3 is 24.9 Å². The SMILES string of the molecule is CON1P(F)N(F)P(F)N=P1(F)F. The van der Waals surface area contributed by atoms with Crippen LogP contribution in [0.25, 0.3) is 0 Å². The summed E-state index contributed by atoms with van der Waals surface area (Å²) in [5, 5.41) is 0. The lowest BCUT2D eigenvalue weighted by Crippen LogP contribution is -2.16. The highest BCUT2D eigenvalue weighted by Crippen LogP contribution is 2.80. The highest BCUT2D eigenvalue weighted by atomic mass is 31.3. The normalized spacial score (nSPS) is 35.8. The largest absolute Gasteiger partial charge is 0.403 e. The molecule has 0 saturated carbocycles. The van der Waals surface area contributed by atoms with Gasteiger partial charge in [-0.15, -0.1) is 4.48 Å². The van der Waals surface area contributed by atoms with Crippen LogP contribution in [0.5, 0.6) is 0 Å². The van der Waals surface area contributed by atoms with Crippen molar-refractivity contribution >= 4 is 24.9 Å². The van der Waals surface area contributed by atoms with Gasteiger partial charge in [0.15, 0.2) is 0 Å². The van der Waals surface area contributed by atoms with E-state index in [4.69, 9.17) is 0 Å². The van der Waals surface area contributed by atoms with Crippen LogP contribution in [0.15, 0.2) is 4.52 Å². The van der Waals surface area contributed by atoms with Crippen LogP contribution in [0.3, 0.4) is 0 Å². The smallest absolute Gasteiger partial charge is 0.286 e. The maximum Gasteiger partial charge on any atom is 0.403 e. The van der Waals surface area contributed by atoms with Gasteiger partial charge in [0.2, 0.25) is 0 Å². The molecule has 1 aliphatic rings. The summed E-state index contributed by atoms with van der Waals surface area (Å²) < 4.78 is 63.4. The molecule has 1 aliphatic heterocycles. The molecule has 0 aliphatic carbocycles. The highest BCUT2D eigenvalue weighted by Gasteiger charge is 2.50. The zero-order valence-electron chi connectivity index (χ0n) is 5.98. The van der Waals surface area contributed by atoms with Crippen molar-refractivity contribution in [1.29, 1.82) is 0 Å². The molecule has 78 valence electrons. The van der Waals surface area contributed by atoms with E-state index >= 15 is 0 Å². The Balaban J connectivity index is 3.02. The molecule has 2 unspecified atom stereocenters. The second-order valence-electron chi connectivity index (χ2n) is 1.70. The predicted octanol–water partition coefficient (Wildman–Crippen LogP) is 4.33. The second kappa shape index (κ2) is 4.01. The predicted molar refractivity (Wildman–Crippen MR) is 39.4 cm³/mol. The lowest BCUT2D eigenvalue weighted by atomic mass is 11.7. The first-order valence-corrected chi connectivity index (χ1v) is 6.39. The molecule has 0 saturated heterocycles. The topological polar surface area (TPSA) is 28.1 Å². The van der Waals surface area contributed by atoms with Crippen LogP contribution in [-0.4, -0.2) is 16.4 Å². The van der Waals surface area contributed by atoms with Gasteiger partial charge in [-0.3, -0.25) is 4.84 Å². The highest BCUT2D eigenvalue weighted by molar-refractivity contribution is 7.77. The Labute approximate surface area is 72.8 Å². The van der Waals surface area contributed by atoms with E-state index in [0.29, 0.717) is 0 Å². The molecule has 0 aromatic rings. The molecule has 0 N–H and O–H groups in total. The van der Waals surface area contributed by atoms with Crippen LogP contribution in [0, 0.1) is 0 Å². The van der Waals surface area contributed by atoms with Gasteiger partial charge in [0, 0.05) is 0 Å². The van der Waals surface area contributed by atoms with Crippen molar-refractivity contribution in [2.75, 3.05) is 7.11 Å². The van der Waals surface area contributed by atoms with Gasteiger partial charge in [0.05, 0.1) is 7.11 Å². The van der Waals surface area contributed by atoms with E-state index in [-0.39, 0.29) is 0 Å². The molecule has 0 aromatic carbocycles. The Morgan fingerprint density at radius 1 is 1.38 bits per heavy atom. The van der Waals surface area contributed by atoms with Gasteiger partial charge in [0.1, 0.15) is 0 Å². The molecule has 0 fully saturated rings. The van der Waals surface area contributed by atoms with Gasteiger partial charge in [-0.1, -0.05) is 0 Å². The Bertz CT molecular complexity index is 245. The number of halogens is 5. The third-order valence-electron chi connectivity index (χ3n) is 0.964. The van der Waals surface area contributed by atoms with E-state index in [2.05, 4.69) is 9.35 Å². The Kier molecular flexibility index (Phi) is 3.60. The van der Waals surface area contributed by atoms with Crippen LogP contribution < -0.4 is 0 Å². The Morgan fingerprint density at radius 2 is 1.92 bits per heavy atom. The molecule has 13 heavy (non-hydrogen) atoms. The van der Waals surface area contributed by atoms with Crippen molar-refractivity contribution in [3.05, 3.63) is 0 Å². The van der Waals surface area contributed by atoms with Crippen molar-refractivity contribution in [2.45, 2.75) is 0 Å². The van der Waals surface area contributed by atoms with E-state index in [0.717, 1.165) is 7.11 Å². The first-order valence-electron chi connectivity index (χ1n) is 2.64. The summed E-state index contributed by atoms with van der Waals surface area (Å²) in [4.78, 5) is 3.89. The maximum atomic E-state index is 12.7. The van der Waals surface area contributed by atoms with E-state index in [1.807, 2.05) is 0 Å². The number of hydrogen-bond donors (Lipinski definition) is 0. The van der Waals surface area contributed by atoms with Gasteiger partial charge < -0.3 is 0 Å². The van der Waals surface area contributed by atoms with Crippen LogP contribution >= 0.6 is 24.9 Å². The van der Waals surface area contributed by atoms with Crippen LogP contribution in [0.1, 0.15) is 0 Å². The average molecular weight is 261 g/mol. The third kappa shape index (κ3) is 2.17. The summed E-state index contributed by atoms with van der Waals surface area (Å²) in [6.45, 7) is 0. The summed E-state index contributed by atoms with van der Waals surface area (Å²) >= 11 is 0. The summed E-state index contributed by atoms with van der Waals surface area (Å²) in [6.07, 6.45) is 0. The van der Waals surface area contributed by atoms with Crippen LogP contribution in [0.2, 0.25) is 0 Å². The van der Waals surface area contributed by atoms with Crippen LogP contribution in [-0.2, 0) is 4.84 Å². The van der Waals surface area contributed by atoms with E-state index in [9.17, 15) is 21.3 Å². The minimum absolute atomic E-state index is 0.513. The third-order valence-corrected chi connectivity index (χ3v) is 5.96. The monoisotopic (exact) mass is 261 g/mol. The molecular formula is CH3F5N3OP3. The molecule has 0 amide bonds. The Morgan fingerprint density at radius 3 is 2.38 bits per heavy atom. The minimum atomic E-state index is -5.33. The molecular weight excluding hydrogens is 258 g/mol. The molecule has 4 nitrogen and oxygen atoms in total. The molecule has 0 radical (unpaired) electrons. The molecule has 12 heteroatoms. The first kappa shape index (κ1) is 11.7. The number of hydrogen-bond acceptors (Lipinski definition) is 4. The number of rotatable bonds is 1. The second-order valence-corrected chi connectivity index (χ2v) is 6.35. The van der Waals surface area contributed by atoms with Crippen molar-refractivity contribution in [3.63, 3.8) is 0 Å². The zero-order valence-corrected chi connectivity index (χ0v) is 8.66. The minimum Gasteiger partial charge on any atom is -0.286 e. The average Bonchev–Trinajstić information content (AvgIpc) is 2.00. The molecule has 1 heterocycles. The van der Waals surface area contributed by atoms with Gasteiger partial charge in [-0.2, -0.15) is 21.3 Å². The fourth-order valence-corrected chi connectivity index (χ4v) is 4.70. The molecule has 0 bridgehead atoms. The zero-order chi connectivity index (χ0) is 10.2. The lowest BCUT2D eigenvalue weighted by Gasteiger charge is -2.30. The quantitative estimate of drug-likeness (QED) is 0.399. The maximum absolute atomic E-state index is 12.7. The molecule has 0 spiro atoms.